The van der Waals surface area contributed by atoms with Crippen LogP contribution >= 0.6 is 0 Å². The van der Waals surface area contributed by atoms with Crippen molar-refractivity contribution in [3.05, 3.63) is 94.0 Å². The molecule has 1 unspecified atom stereocenters. The lowest BCUT2D eigenvalue weighted by Gasteiger charge is -2.63. The Morgan fingerprint density at radius 1 is 0.906 bits per heavy atom. The van der Waals surface area contributed by atoms with Crippen LogP contribution < -0.4 is 35.9 Å². The van der Waals surface area contributed by atoms with Crippen molar-refractivity contribution in [1.29, 1.82) is 5.26 Å². The molecule has 0 radical (unpaired) electrons. The molecule has 336 valence electrons. The van der Waals surface area contributed by atoms with Gasteiger partial charge in [-0.05, 0) is 93.6 Å². The van der Waals surface area contributed by atoms with Gasteiger partial charge < -0.3 is 30.0 Å². The Morgan fingerprint density at radius 3 is 2.27 bits per heavy atom. The molecule has 1 atom stereocenters. The number of carbonyl (C=O) groups excluding carboxylic acids is 4. The Morgan fingerprint density at radius 2 is 1.62 bits per heavy atom. The second kappa shape index (κ2) is 17.7. The number of aromatic nitrogens is 2. The number of imide groups is 1. The molecule has 2 saturated carbocycles. The number of fused-ring (bicyclic) bond motifs is 1. The fourth-order valence-electron chi connectivity index (χ4n) is 10.6. The minimum Gasteiger partial charge on any atom is -0.489 e. The summed E-state index contributed by atoms with van der Waals surface area (Å²) in [6.45, 7) is 15.8. The van der Waals surface area contributed by atoms with E-state index < -0.39 is 28.7 Å². The summed E-state index contributed by atoms with van der Waals surface area (Å²) in [5, 5.41) is 18.5. The lowest BCUT2D eigenvalue weighted by Crippen LogP contribution is -2.74. The number of amides is 4. The summed E-state index contributed by atoms with van der Waals surface area (Å²) in [4.78, 5) is 73.9. The van der Waals surface area contributed by atoms with Gasteiger partial charge in [0.25, 0.3) is 11.8 Å². The van der Waals surface area contributed by atoms with Crippen molar-refractivity contribution in [2.45, 2.75) is 116 Å². The van der Waals surface area contributed by atoms with E-state index in [1.165, 1.54) is 6.07 Å². The molecule has 2 aliphatic heterocycles. The molecular formula is C49H58N8O7. The van der Waals surface area contributed by atoms with Gasteiger partial charge in [-0.15, -0.1) is 0 Å². The number of benzene rings is 2. The zero-order chi connectivity index (χ0) is 45.5. The van der Waals surface area contributed by atoms with E-state index in [-0.39, 0.29) is 54.2 Å². The standard InChI is InChI=1S/C49H58N8O7/c1-28(2)57(33-23-35(24-33)63-34-12-14-37(51-26-34)44(61)52-38-15-18-41(59)54-45(38)62)27-29-19-21-56(22-20-29)32-10-7-30(8-11-32)43(60)55-46-48(3,4)47(49(46,5)6)64-39-16-9-31(25-50)42-36(39)13-17-40(58)53-42/h7-14,16-17,26,28-29,33,35,38,46-47H,15,18-24,27H2,1-6H3,(H,52,61)(H,53,58)(H,55,60)(H,54,59,62). The minimum atomic E-state index is -0.758. The van der Waals surface area contributed by atoms with Gasteiger partial charge in [0.1, 0.15) is 41.5 Å². The van der Waals surface area contributed by atoms with Gasteiger partial charge in [0.05, 0.1) is 17.3 Å². The smallest absolute Gasteiger partial charge is 0.270 e. The Bertz CT molecular complexity index is 2500. The summed E-state index contributed by atoms with van der Waals surface area (Å²) in [6, 6.07) is 19.8. The van der Waals surface area contributed by atoms with Crippen molar-refractivity contribution in [2.75, 3.05) is 24.5 Å². The van der Waals surface area contributed by atoms with Crippen LogP contribution in [0.15, 0.2) is 71.7 Å². The van der Waals surface area contributed by atoms with Crippen LogP contribution in [-0.4, -0.2) is 94.5 Å². The van der Waals surface area contributed by atoms with Gasteiger partial charge in [-0.2, -0.15) is 5.26 Å². The van der Waals surface area contributed by atoms with Crippen molar-refractivity contribution in [2.24, 2.45) is 16.7 Å². The number of aromatic amines is 1. The third-order valence-corrected chi connectivity index (χ3v) is 13.9. The molecule has 8 rings (SSSR count). The molecule has 2 aromatic heterocycles. The number of anilines is 1. The quantitative estimate of drug-likeness (QED) is 0.124. The summed E-state index contributed by atoms with van der Waals surface area (Å²) >= 11 is 0. The number of pyridine rings is 2. The highest BCUT2D eigenvalue weighted by atomic mass is 16.5. The van der Waals surface area contributed by atoms with E-state index in [1.54, 1.807) is 36.5 Å². The van der Waals surface area contributed by atoms with Crippen molar-refractivity contribution in [3.63, 3.8) is 0 Å². The van der Waals surface area contributed by atoms with Gasteiger partial charge in [0, 0.05) is 90.6 Å². The van der Waals surface area contributed by atoms with Crippen LogP contribution in [0.5, 0.6) is 11.5 Å². The second-order valence-electron chi connectivity index (χ2n) is 19.4. The summed E-state index contributed by atoms with van der Waals surface area (Å²) in [5.74, 6) is 0.316. The monoisotopic (exact) mass is 870 g/mol. The van der Waals surface area contributed by atoms with Crippen molar-refractivity contribution in [1.82, 2.24) is 30.8 Å². The lowest BCUT2D eigenvalue weighted by atomic mass is 9.49. The molecular weight excluding hydrogens is 813 g/mol. The SMILES string of the molecule is CC(C)N(CC1CCN(c2ccc(C(=O)NC3C(C)(C)C(Oc4ccc(C#N)c5[nH]c(=O)ccc45)C3(C)C)cc2)CC1)C1CC(Oc2ccc(C(=O)NC3CCC(=O)NC3=O)nc2)C1. The molecule has 4 amide bonds. The third-order valence-electron chi connectivity index (χ3n) is 13.9. The number of hydrogen-bond donors (Lipinski definition) is 4. The van der Waals surface area contributed by atoms with E-state index in [9.17, 15) is 29.2 Å². The summed E-state index contributed by atoms with van der Waals surface area (Å²) in [6.07, 6.45) is 5.80. The zero-order valence-electron chi connectivity index (χ0n) is 37.4. The Balaban J connectivity index is 0.786. The van der Waals surface area contributed by atoms with Crippen molar-refractivity contribution >= 4 is 40.2 Å². The summed E-state index contributed by atoms with van der Waals surface area (Å²) in [5.41, 5.74) is 1.60. The molecule has 4 heterocycles. The zero-order valence-corrected chi connectivity index (χ0v) is 37.4. The van der Waals surface area contributed by atoms with E-state index in [0.717, 1.165) is 51.0 Å². The minimum absolute atomic E-state index is 0.0664. The maximum Gasteiger partial charge on any atom is 0.270 e. The largest absolute Gasteiger partial charge is 0.489 e. The van der Waals surface area contributed by atoms with E-state index in [0.29, 0.717) is 51.5 Å². The Labute approximate surface area is 373 Å². The number of nitriles is 1. The van der Waals surface area contributed by atoms with E-state index in [2.05, 4.69) is 83.3 Å². The van der Waals surface area contributed by atoms with Gasteiger partial charge in [0.2, 0.25) is 17.4 Å². The number of H-pyrrole nitrogens is 1. The van der Waals surface area contributed by atoms with Crippen LogP contribution in [0.4, 0.5) is 5.69 Å². The highest BCUT2D eigenvalue weighted by molar-refractivity contribution is 6.03. The topological polar surface area (TPSA) is 199 Å². The predicted octanol–water partition coefficient (Wildman–Crippen LogP) is 5.48. The molecule has 2 saturated heterocycles. The Kier molecular flexibility index (Phi) is 12.3. The first-order valence-corrected chi connectivity index (χ1v) is 22.4. The van der Waals surface area contributed by atoms with Crippen LogP contribution in [0.25, 0.3) is 10.9 Å². The van der Waals surface area contributed by atoms with Crippen molar-refractivity contribution in [3.8, 4) is 17.6 Å². The number of carbonyl (C=O) groups is 4. The van der Waals surface area contributed by atoms with Crippen LogP contribution in [-0.2, 0) is 9.59 Å². The molecule has 4 N–H and O–H groups in total. The van der Waals surface area contributed by atoms with Gasteiger partial charge >= 0.3 is 0 Å². The highest BCUT2D eigenvalue weighted by Gasteiger charge is 2.64. The Hall–Kier alpha value is -6.27. The molecule has 2 aromatic carbocycles. The molecule has 4 fully saturated rings. The van der Waals surface area contributed by atoms with Crippen LogP contribution in [0.3, 0.4) is 0 Å². The molecule has 4 aromatic rings. The maximum absolute atomic E-state index is 13.7. The average molecular weight is 871 g/mol. The van der Waals surface area contributed by atoms with Crippen LogP contribution in [0.1, 0.15) is 106 Å². The second-order valence-corrected chi connectivity index (χ2v) is 19.4. The average Bonchev–Trinajstić information content (AvgIpc) is 3.26. The van der Waals surface area contributed by atoms with Gasteiger partial charge in [-0.25, -0.2) is 4.98 Å². The van der Waals surface area contributed by atoms with E-state index in [4.69, 9.17) is 9.47 Å². The lowest BCUT2D eigenvalue weighted by molar-refractivity contribution is -0.163. The van der Waals surface area contributed by atoms with Gasteiger partial charge in [-0.1, -0.05) is 27.7 Å². The molecule has 64 heavy (non-hydrogen) atoms. The number of nitrogens with zero attached hydrogens (tertiary/aromatic N) is 4. The number of piperidine rings is 2. The first-order valence-electron chi connectivity index (χ1n) is 22.4. The van der Waals surface area contributed by atoms with Crippen LogP contribution in [0, 0.1) is 28.1 Å². The first kappa shape index (κ1) is 44.3. The molecule has 4 aliphatic rings. The maximum atomic E-state index is 13.7. The highest BCUT2D eigenvalue weighted by Crippen LogP contribution is 2.56. The number of ether oxygens (including phenoxy) is 2. The predicted molar refractivity (Wildman–Crippen MR) is 241 cm³/mol. The molecule has 2 aliphatic carbocycles. The van der Waals surface area contributed by atoms with E-state index >= 15 is 0 Å². The van der Waals surface area contributed by atoms with Crippen LogP contribution in [0.2, 0.25) is 0 Å². The number of nitrogens with one attached hydrogen (secondary N) is 4. The van der Waals surface area contributed by atoms with E-state index in [1.807, 2.05) is 24.3 Å². The molecule has 0 bridgehead atoms. The van der Waals surface area contributed by atoms with Crippen molar-refractivity contribution < 1.29 is 28.7 Å². The summed E-state index contributed by atoms with van der Waals surface area (Å²) < 4.78 is 12.8. The normalized spacial score (nSPS) is 24.0. The molecule has 0 spiro atoms. The summed E-state index contributed by atoms with van der Waals surface area (Å²) in [7, 11) is 0. The fourth-order valence-corrected chi connectivity index (χ4v) is 10.6. The number of hydrogen-bond acceptors (Lipinski definition) is 11. The molecule has 15 nitrogen and oxygen atoms in total. The van der Waals surface area contributed by atoms with Gasteiger partial charge in [-0.3, -0.25) is 34.2 Å². The third kappa shape index (κ3) is 8.93. The van der Waals surface area contributed by atoms with Gasteiger partial charge in [0.15, 0.2) is 0 Å². The molecule has 15 heteroatoms. The fraction of sp³-hybridized carbons (Fsp3) is 0.490. The first-order chi connectivity index (χ1) is 30.5. The number of rotatable bonds is 13.